The Balaban J connectivity index is 1.40. The van der Waals surface area contributed by atoms with Crippen molar-refractivity contribution in [2.45, 2.75) is 30.6 Å². The molecule has 1 aromatic carbocycles. The molecule has 2 aromatic heterocycles. The fourth-order valence-electron chi connectivity index (χ4n) is 5.29. The number of benzene rings is 1. The van der Waals surface area contributed by atoms with Crippen molar-refractivity contribution >= 4 is 0 Å². The van der Waals surface area contributed by atoms with Gasteiger partial charge in [-0.25, -0.2) is 0 Å². The molecule has 1 spiro atoms. The van der Waals surface area contributed by atoms with Crippen molar-refractivity contribution in [3.8, 4) is 0 Å². The minimum absolute atomic E-state index is 0.0697. The van der Waals surface area contributed by atoms with Crippen molar-refractivity contribution in [3.05, 3.63) is 96.1 Å². The monoisotopic (exact) mass is 386 g/mol. The molecule has 5 rings (SSSR count). The number of aliphatic hydroxyl groups excluding tert-OH is 1. The van der Waals surface area contributed by atoms with Crippen LogP contribution in [0.4, 0.5) is 0 Å². The molecule has 3 aromatic rings. The van der Waals surface area contributed by atoms with Crippen molar-refractivity contribution in [2.24, 2.45) is 0 Å². The van der Waals surface area contributed by atoms with Crippen LogP contribution in [0, 0.1) is 0 Å². The molecule has 1 N–H and O–H groups in total. The van der Waals surface area contributed by atoms with E-state index >= 15 is 0 Å². The summed E-state index contributed by atoms with van der Waals surface area (Å²) in [5.74, 6) is 0.348. The van der Waals surface area contributed by atoms with Crippen LogP contribution in [0.2, 0.25) is 0 Å². The minimum atomic E-state index is 0.0697. The number of aromatic nitrogens is 2. The van der Waals surface area contributed by atoms with Crippen molar-refractivity contribution in [1.82, 2.24) is 19.8 Å². The van der Waals surface area contributed by atoms with Crippen LogP contribution < -0.4 is 0 Å². The Morgan fingerprint density at radius 3 is 2.34 bits per heavy atom. The second kappa shape index (κ2) is 7.67. The molecule has 2 saturated heterocycles. The van der Waals surface area contributed by atoms with Gasteiger partial charge < -0.3 is 5.11 Å². The predicted octanol–water partition coefficient (Wildman–Crippen LogP) is 2.69. The molecule has 4 heterocycles. The SMILES string of the molecule is OC[C@H]1[C@@H](c2ccccc2)C2(CN(Cc3cccnc3)C2)N1Cc1ccncc1. The third-order valence-corrected chi connectivity index (χ3v) is 6.51. The summed E-state index contributed by atoms with van der Waals surface area (Å²) in [5.41, 5.74) is 3.89. The van der Waals surface area contributed by atoms with Crippen LogP contribution in [0.25, 0.3) is 0 Å². The zero-order chi connectivity index (χ0) is 19.7. The van der Waals surface area contributed by atoms with Gasteiger partial charge in [0, 0.05) is 62.9 Å². The lowest BCUT2D eigenvalue weighted by Crippen LogP contribution is -2.83. The first kappa shape index (κ1) is 18.4. The Morgan fingerprint density at radius 1 is 0.862 bits per heavy atom. The van der Waals surface area contributed by atoms with E-state index in [0.717, 1.165) is 26.2 Å². The number of likely N-dealkylation sites (tertiary alicyclic amines) is 2. The van der Waals surface area contributed by atoms with Crippen LogP contribution in [0.5, 0.6) is 0 Å². The number of rotatable bonds is 6. The number of hydrogen-bond acceptors (Lipinski definition) is 5. The summed E-state index contributed by atoms with van der Waals surface area (Å²) < 4.78 is 0. The first-order chi connectivity index (χ1) is 14.3. The second-order valence-corrected chi connectivity index (χ2v) is 8.23. The Bertz CT molecular complexity index is 929. The van der Waals surface area contributed by atoms with Gasteiger partial charge in [0.2, 0.25) is 0 Å². The summed E-state index contributed by atoms with van der Waals surface area (Å²) in [4.78, 5) is 13.4. The van der Waals surface area contributed by atoms with Crippen LogP contribution in [0.15, 0.2) is 79.4 Å². The number of nitrogens with zero attached hydrogens (tertiary/aromatic N) is 4. The zero-order valence-corrected chi connectivity index (χ0v) is 16.4. The highest BCUT2D eigenvalue weighted by Gasteiger charge is 2.65. The fraction of sp³-hybridized carbons (Fsp3) is 0.333. The van der Waals surface area contributed by atoms with Gasteiger partial charge >= 0.3 is 0 Å². The molecule has 2 atom stereocenters. The molecule has 5 heteroatoms. The van der Waals surface area contributed by atoms with E-state index < -0.39 is 0 Å². The molecule has 2 fully saturated rings. The van der Waals surface area contributed by atoms with Crippen molar-refractivity contribution in [3.63, 3.8) is 0 Å². The van der Waals surface area contributed by atoms with Gasteiger partial charge in [0.15, 0.2) is 0 Å². The summed E-state index contributed by atoms with van der Waals surface area (Å²) in [5, 5.41) is 10.2. The molecule has 5 nitrogen and oxygen atoms in total. The molecule has 0 unspecified atom stereocenters. The van der Waals surface area contributed by atoms with E-state index in [1.807, 2.05) is 30.9 Å². The molecule has 0 bridgehead atoms. The molecule has 2 aliphatic rings. The number of hydrogen-bond donors (Lipinski definition) is 1. The van der Waals surface area contributed by atoms with Gasteiger partial charge in [0.25, 0.3) is 0 Å². The molecule has 0 amide bonds. The fourth-order valence-corrected chi connectivity index (χ4v) is 5.29. The molecule has 0 radical (unpaired) electrons. The first-order valence-corrected chi connectivity index (χ1v) is 10.2. The Morgan fingerprint density at radius 2 is 1.66 bits per heavy atom. The van der Waals surface area contributed by atoms with Gasteiger partial charge in [-0.05, 0) is 34.9 Å². The van der Waals surface area contributed by atoms with Crippen LogP contribution >= 0.6 is 0 Å². The van der Waals surface area contributed by atoms with E-state index in [9.17, 15) is 5.11 Å². The maximum atomic E-state index is 10.2. The molecule has 0 aliphatic carbocycles. The maximum Gasteiger partial charge on any atom is 0.0593 e. The van der Waals surface area contributed by atoms with Crippen LogP contribution in [0.3, 0.4) is 0 Å². The van der Waals surface area contributed by atoms with E-state index in [1.165, 1.54) is 16.7 Å². The normalized spacial score (nSPS) is 23.5. The van der Waals surface area contributed by atoms with Crippen molar-refractivity contribution < 1.29 is 5.11 Å². The summed E-state index contributed by atoms with van der Waals surface area (Å²) in [6.45, 7) is 3.95. The summed E-state index contributed by atoms with van der Waals surface area (Å²) in [6.07, 6.45) is 7.46. The predicted molar refractivity (Wildman–Crippen MR) is 112 cm³/mol. The van der Waals surface area contributed by atoms with E-state index in [2.05, 4.69) is 68.3 Å². The highest BCUT2D eigenvalue weighted by Crippen LogP contribution is 2.54. The maximum absolute atomic E-state index is 10.2. The van der Waals surface area contributed by atoms with Gasteiger partial charge in [-0.1, -0.05) is 36.4 Å². The number of aliphatic hydroxyl groups is 1. The average molecular weight is 386 g/mol. The van der Waals surface area contributed by atoms with Crippen LogP contribution in [-0.4, -0.2) is 56.2 Å². The molecule has 29 heavy (non-hydrogen) atoms. The van der Waals surface area contributed by atoms with E-state index in [-0.39, 0.29) is 18.2 Å². The number of pyridine rings is 2. The lowest BCUT2D eigenvalue weighted by molar-refractivity contribution is -0.197. The third-order valence-electron chi connectivity index (χ3n) is 6.51. The Hall–Kier alpha value is -2.60. The van der Waals surface area contributed by atoms with Crippen molar-refractivity contribution in [1.29, 1.82) is 0 Å². The molecular weight excluding hydrogens is 360 g/mol. The molecule has 2 aliphatic heterocycles. The lowest BCUT2D eigenvalue weighted by Gasteiger charge is -2.71. The van der Waals surface area contributed by atoms with Gasteiger partial charge in [0.05, 0.1) is 12.1 Å². The van der Waals surface area contributed by atoms with Gasteiger partial charge in [0.1, 0.15) is 0 Å². The summed E-state index contributed by atoms with van der Waals surface area (Å²) >= 11 is 0. The van der Waals surface area contributed by atoms with Gasteiger partial charge in [-0.3, -0.25) is 19.8 Å². The second-order valence-electron chi connectivity index (χ2n) is 8.23. The Labute approximate surface area is 171 Å². The van der Waals surface area contributed by atoms with E-state index in [1.54, 1.807) is 0 Å². The largest absolute Gasteiger partial charge is 0.395 e. The quantitative estimate of drug-likeness (QED) is 0.706. The zero-order valence-electron chi connectivity index (χ0n) is 16.4. The van der Waals surface area contributed by atoms with Gasteiger partial charge in [-0.15, -0.1) is 0 Å². The van der Waals surface area contributed by atoms with Crippen LogP contribution in [-0.2, 0) is 13.1 Å². The molecular formula is C24H26N4O. The average Bonchev–Trinajstić information content (AvgIpc) is 2.75. The van der Waals surface area contributed by atoms with Gasteiger partial charge in [-0.2, -0.15) is 0 Å². The Kier molecular flexibility index (Phi) is 4.87. The smallest absolute Gasteiger partial charge is 0.0593 e. The van der Waals surface area contributed by atoms with Crippen molar-refractivity contribution in [2.75, 3.05) is 19.7 Å². The first-order valence-electron chi connectivity index (χ1n) is 10.2. The lowest BCUT2D eigenvalue weighted by atomic mass is 9.60. The summed E-state index contributed by atoms with van der Waals surface area (Å²) in [7, 11) is 0. The minimum Gasteiger partial charge on any atom is -0.395 e. The molecule has 148 valence electrons. The summed E-state index contributed by atoms with van der Waals surface area (Å²) in [6, 6.07) is 19.1. The topological polar surface area (TPSA) is 52.5 Å². The third kappa shape index (κ3) is 3.25. The highest BCUT2D eigenvalue weighted by atomic mass is 16.3. The standard InChI is InChI=1S/C24H26N4O/c29-16-22-23(21-6-2-1-3-7-21)24(28(22)15-19-8-11-25-12-9-19)17-27(18-24)14-20-5-4-10-26-13-20/h1-13,22-23,29H,14-18H2/t22-,23+/m0/s1. The van der Waals surface area contributed by atoms with E-state index in [4.69, 9.17) is 0 Å². The van der Waals surface area contributed by atoms with E-state index in [0.29, 0.717) is 5.92 Å². The highest BCUT2D eigenvalue weighted by molar-refractivity contribution is 5.36. The van der Waals surface area contributed by atoms with Crippen LogP contribution in [0.1, 0.15) is 22.6 Å². The molecule has 0 saturated carbocycles.